The van der Waals surface area contributed by atoms with Crippen molar-refractivity contribution in [3.63, 3.8) is 0 Å². The van der Waals surface area contributed by atoms with E-state index < -0.39 is 11.9 Å². The van der Waals surface area contributed by atoms with Gasteiger partial charge in [-0.25, -0.2) is 0 Å². The second-order valence-electron chi connectivity index (χ2n) is 9.36. The van der Waals surface area contributed by atoms with Gasteiger partial charge in [0.25, 0.3) is 0 Å². The van der Waals surface area contributed by atoms with E-state index in [2.05, 4.69) is 13.8 Å². The number of guanidine groups is 2. The van der Waals surface area contributed by atoms with Crippen LogP contribution in [0.5, 0.6) is 0 Å². The molecule has 2 unspecified atom stereocenters. The van der Waals surface area contributed by atoms with Crippen molar-refractivity contribution < 1.29 is 39.3 Å². The number of rotatable bonds is 10. The van der Waals surface area contributed by atoms with E-state index in [0.717, 1.165) is 38.5 Å². The molecule has 0 rings (SSSR count). The fourth-order valence-corrected chi connectivity index (χ4v) is 2.68. The van der Waals surface area contributed by atoms with E-state index in [1.807, 2.05) is 70.2 Å². The number of hydrogen-bond donors (Lipinski definition) is 2. The first-order valence-electron chi connectivity index (χ1n) is 12.8. The molecule has 0 aromatic heterocycles. The fourth-order valence-electron chi connectivity index (χ4n) is 2.68. The van der Waals surface area contributed by atoms with Crippen LogP contribution >= 0.6 is 0 Å². The Hall–Kier alpha value is -1.90. The average molecular weight is 582 g/mol. The maximum atomic E-state index is 10.3. The summed E-state index contributed by atoms with van der Waals surface area (Å²) in [5, 5.41) is 35.2. The molecule has 2 N–H and O–H groups in total. The number of hydrogen-bond acceptors (Lipinski definition) is 6. The van der Waals surface area contributed by atoms with Crippen molar-refractivity contribution >= 4 is 23.9 Å². The van der Waals surface area contributed by atoms with Gasteiger partial charge in [-0.05, 0) is 37.5 Å². The summed E-state index contributed by atoms with van der Waals surface area (Å²) in [5.74, 6) is -1.19. The maximum Gasteiger partial charge on any atom is 2.00 e. The van der Waals surface area contributed by atoms with Crippen molar-refractivity contribution in [3.8, 4) is 0 Å². The van der Waals surface area contributed by atoms with Crippen molar-refractivity contribution in [1.29, 1.82) is 10.8 Å². The molecule has 0 aliphatic carbocycles. The SMILES string of the molecule is CCCCC(CC)C(=O)[O-].CCCCC(CC)C(=O)[O-].CN(C)C(=N)N(C)C.CN(C)C(=N)N(C)C.[Zn+2]. The van der Waals surface area contributed by atoms with Crippen LogP contribution < -0.4 is 10.2 Å². The quantitative estimate of drug-likeness (QED) is 0.227. The molecule has 0 aromatic carbocycles. The Kier molecular flexibility index (Phi) is 34.9. The van der Waals surface area contributed by atoms with Crippen molar-refractivity contribution in [3.05, 3.63) is 0 Å². The molecule has 0 fully saturated rings. The largest absolute Gasteiger partial charge is 2.00 e. The molecule has 0 aromatic rings. The minimum Gasteiger partial charge on any atom is -0.550 e. The molecule has 0 amide bonds. The smallest absolute Gasteiger partial charge is 0.550 e. The Bertz CT molecular complexity index is 517. The minimum atomic E-state index is -0.893. The summed E-state index contributed by atoms with van der Waals surface area (Å²) in [7, 11) is 14.8. The first-order chi connectivity index (χ1) is 16.5. The predicted octanol–water partition coefficient (Wildman–Crippen LogP) is 1.99. The second-order valence-corrected chi connectivity index (χ2v) is 9.36. The van der Waals surface area contributed by atoms with E-state index in [-0.39, 0.29) is 31.3 Å². The van der Waals surface area contributed by atoms with Gasteiger partial charge in [0.15, 0.2) is 11.9 Å². The second kappa shape index (κ2) is 28.7. The monoisotopic (exact) mass is 580 g/mol. The van der Waals surface area contributed by atoms with Gasteiger partial charge in [0.1, 0.15) is 0 Å². The third-order valence-corrected chi connectivity index (χ3v) is 5.16. The van der Waals surface area contributed by atoms with E-state index in [4.69, 9.17) is 10.8 Å². The number of nitrogens with zero attached hydrogens (tertiary/aromatic N) is 4. The van der Waals surface area contributed by atoms with E-state index in [1.165, 1.54) is 0 Å². The Balaban J connectivity index is -0.000000123. The molecule has 0 saturated heterocycles. The number of nitrogens with one attached hydrogen (secondary N) is 2. The third kappa shape index (κ3) is 30.2. The van der Waals surface area contributed by atoms with Crippen LogP contribution in [0.4, 0.5) is 0 Å². The third-order valence-electron chi connectivity index (χ3n) is 5.16. The number of carboxylic acids is 2. The van der Waals surface area contributed by atoms with Crippen molar-refractivity contribution in [2.24, 2.45) is 11.8 Å². The molecule has 0 aliphatic rings. The molecule has 0 saturated carbocycles. The molecule has 37 heavy (non-hydrogen) atoms. The number of carbonyl (C=O) groups excluding carboxylic acids is 2. The molecule has 0 spiro atoms. The first-order valence-corrected chi connectivity index (χ1v) is 12.8. The summed E-state index contributed by atoms with van der Waals surface area (Å²) in [6, 6.07) is 0. The number of carbonyl (C=O) groups is 2. The topological polar surface area (TPSA) is 141 Å². The predicted molar refractivity (Wildman–Crippen MR) is 147 cm³/mol. The molecule has 216 valence electrons. The van der Waals surface area contributed by atoms with Crippen molar-refractivity contribution in [2.75, 3.05) is 56.4 Å². The van der Waals surface area contributed by atoms with Crippen LogP contribution in [0, 0.1) is 22.7 Å². The van der Waals surface area contributed by atoms with Gasteiger partial charge in [-0.3, -0.25) is 10.8 Å². The van der Waals surface area contributed by atoms with Crippen LogP contribution in [0.15, 0.2) is 0 Å². The van der Waals surface area contributed by atoms with E-state index in [0.29, 0.717) is 24.8 Å². The molecular weight excluding hydrogens is 526 g/mol. The molecule has 0 radical (unpaired) electrons. The van der Waals surface area contributed by atoms with Gasteiger partial charge in [0.05, 0.1) is 0 Å². The molecule has 0 bridgehead atoms. The molecule has 2 atom stereocenters. The van der Waals surface area contributed by atoms with Gasteiger partial charge >= 0.3 is 19.5 Å². The summed E-state index contributed by atoms with van der Waals surface area (Å²) >= 11 is 0. The van der Waals surface area contributed by atoms with Crippen LogP contribution in [-0.2, 0) is 29.1 Å². The van der Waals surface area contributed by atoms with Crippen LogP contribution in [-0.4, -0.2) is 99.8 Å². The van der Waals surface area contributed by atoms with Crippen molar-refractivity contribution in [2.45, 2.75) is 79.1 Å². The van der Waals surface area contributed by atoms with Crippen molar-refractivity contribution in [1.82, 2.24) is 19.6 Å². The Labute approximate surface area is 240 Å². The maximum absolute atomic E-state index is 10.3. The molecule has 11 heteroatoms. The molecule has 0 heterocycles. The van der Waals surface area contributed by atoms with Crippen LogP contribution in [0.25, 0.3) is 0 Å². The number of unbranched alkanes of at least 4 members (excludes halogenated alkanes) is 2. The van der Waals surface area contributed by atoms with Gasteiger partial charge in [-0.15, -0.1) is 0 Å². The summed E-state index contributed by atoms with van der Waals surface area (Å²) in [5.41, 5.74) is 0. The molecule has 0 aliphatic heterocycles. The average Bonchev–Trinajstić information content (AvgIpc) is 2.79. The summed E-state index contributed by atoms with van der Waals surface area (Å²) in [6.45, 7) is 7.89. The minimum absolute atomic E-state index is 0. The van der Waals surface area contributed by atoms with E-state index >= 15 is 0 Å². The van der Waals surface area contributed by atoms with Crippen LogP contribution in [0.1, 0.15) is 79.1 Å². The molecular formula is C26H56N6O4Zn. The zero-order valence-corrected chi connectivity index (χ0v) is 28.9. The molecule has 10 nitrogen and oxygen atoms in total. The number of carboxylic acid groups (broad SMARTS) is 2. The standard InChI is InChI=1S/2C8H16O2.2C5H13N3.Zn/c2*1-3-5-6-7(4-2)8(9)10;2*1-7(2)5(6)8(3)4;/h2*7H,3-6H2,1-2H3,(H,9,10);2*6H,1-4H3;/q;;;;+2/p-2. The zero-order valence-electron chi connectivity index (χ0n) is 25.9. The summed E-state index contributed by atoms with van der Waals surface area (Å²) < 4.78 is 0. The van der Waals surface area contributed by atoms with Gasteiger partial charge < -0.3 is 39.4 Å². The van der Waals surface area contributed by atoms with Gasteiger partial charge in [-0.1, -0.05) is 53.4 Å². The van der Waals surface area contributed by atoms with Gasteiger partial charge in [-0.2, -0.15) is 0 Å². The Morgan fingerprint density at radius 3 is 0.892 bits per heavy atom. The first kappa shape index (κ1) is 45.1. The van der Waals surface area contributed by atoms with Gasteiger partial charge in [0, 0.05) is 68.3 Å². The van der Waals surface area contributed by atoms with E-state index in [1.54, 1.807) is 19.6 Å². The fraction of sp³-hybridized carbons (Fsp3) is 0.846. The Morgan fingerprint density at radius 1 is 0.595 bits per heavy atom. The summed E-state index contributed by atoms with van der Waals surface area (Å²) in [4.78, 5) is 27.7. The van der Waals surface area contributed by atoms with Gasteiger partial charge in [0.2, 0.25) is 0 Å². The van der Waals surface area contributed by atoms with E-state index in [9.17, 15) is 19.8 Å². The summed E-state index contributed by atoms with van der Waals surface area (Å²) in [6.07, 6.45) is 7.04. The van der Waals surface area contributed by atoms with Crippen LogP contribution in [0.2, 0.25) is 0 Å². The Morgan fingerprint density at radius 2 is 0.811 bits per heavy atom. The number of aliphatic carboxylic acids is 2. The van der Waals surface area contributed by atoms with Crippen LogP contribution in [0.3, 0.4) is 0 Å². The zero-order chi connectivity index (χ0) is 29.4. The normalized spacial score (nSPS) is 10.7.